The maximum atomic E-state index is 13.6. The number of carbonyl (C=O) groups is 2. The molecule has 1 aromatic rings. The molecule has 9 nitrogen and oxygen atoms in total. The molecule has 0 saturated carbocycles. The Balaban J connectivity index is 1.85. The summed E-state index contributed by atoms with van der Waals surface area (Å²) in [6.07, 6.45) is -0.789. The number of methoxy groups -OCH3 is 1. The fourth-order valence-corrected chi connectivity index (χ4v) is 4.37. The standard InChI is InChI=1S/C23H26O9/c1-4-5-14-16-11(6-10(2)31-14)7-12-17(20(16)27)21(28)18(22(29-3)19(12)26)23-30-9-13(25)15(8-24)32-23/h6-7,13-15,23-25,27H,4-5,8-9H2,1-3H3/t13-,14+,15+,23-/m0/s1. The predicted molar refractivity (Wildman–Crippen MR) is 111 cm³/mol. The first-order valence-corrected chi connectivity index (χ1v) is 10.5. The van der Waals surface area contributed by atoms with Gasteiger partial charge < -0.3 is 34.3 Å². The summed E-state index contributed by atoms with van der Waals surface area (Å²) < 4.78 is 22.1. The minimum absolute atomic E-state index is 0.0163. The van der Waals surface area contributed by atoms with Crippen LogP contribution in [0.25, 0.3) is 6.08 Å². The molecule has 0 unspecified atom stereocenters. The maximum absolute atomic E-state index is 13.6. The van der Waals surface area contributed by atoms with Crippen molar-refractivity contribution in [3.8, 4) is 5.75 Å². The molecule has 1 aromatic carbocycles. The van der Waals surface area contributed by atoms with Crippen molar-refractivity contribution in [3.63, 3.8) is 0 Å². The van der Waals surface area contributed by atoms with Crippen LogP contribution in [0.15, 0.2) is 23.2 Å². The lowest BCUT2D eigenvalue weighted by Gasteiger charge is -2.35. The number of hydrogen-bond acceptors (Lipinski definition) is 9. The van der Waals surface area contributed by atoms with Crippen molar-refractivity contribution in [3.05, 3.63) is 45.4 Å². The van der Waals surface area contributed by atoms with Crippen molar-refractivity contribution in [2.45, 2.75) is 51.3 Å². The number of aliphatic hydroxyl groups excluding tert-OH is 2. The van der Waals surface area contributed by atoms with E-state index < -0.39 is 42.8 Å². The first kappa shape index (κ1) is 22.5. The van der Waals surface area contributed by atoms with E-state index in [9.17, 15) is 24.9 Å². The molecule has 0 spiro atoms. The van der Waals surface area contributed by atoms with Crippen molar-refractivity contribution >= 4 is 17.6 Å². The molecule has 3 aliphatic rings. The third-order valence-corrected chi connectivity index (χ3v) is 5.86. The average molecular weight is 446 g/mol. The number of phenols is 1. The van der Waals surface area contributed by atoms with Crippen molar-refractivity contribution in [2.75, 3.05) is 20.3 Å². The van der Waals surface area contributed by atoms with Gasteiger partial charge >= 0.3 is 0 Å². The highest BCUT2D eigenvalue weighted by molar-refractivity contribution is 6.27. The molecule has 2 aliphatic heterocycles. The summed E-state index contributed by atoms with van der Waals surface area (Å²) in [4.78, 5) is 26.8. The summed E-state index contributed by atoms with van der Waals surface area (Å²) in [5.41, 5.74) is 0.689. The summed E-state index contributed by atoms with van der Waals surface area (Å²) in [6, 6.07) is 1.57. The molecule has 0 bridgehead atoms. The lowest BCUT2D eigenvalue weighted by atomic mass is 9.81. The molecule has 0 amide bonds. The molecule has 4 atom stereocenters. The van der Waals surface area contributed by atoms with E-state index in [0.717, 1.165) is 6.42 Å². The fraction of sp³-hybridized carbons (Fsp3) is 0.478. The van der Waals surface area contributed by atoms with Crippen LogP contribution in [0.1, 0.15) is 64.6 Å². The van der Waals surface area contributed by atoms with Gasteiger partial charge in [0.1, 0.15) is 29.6 Å². The third-order valence-electron chi connectivity index (χ3n) is 5.86. The Morgan fingerprint density at radius 2 is 2.00 bits per heavy atom. The molecule has 4 rings (SSSR count). The number of rotatable bonds is 5. The smallest absolute Gasteiger partial charge is 0.229 e. The number of ketones is 2. The van der Waals surface area contributed by atoms with Gasteiger partial charge in [0.05, 0.1) is 31.6 Å². The van der Waals surface area contributed by atoms with Crippen LogP contribution in [-0.2, 0) is 18.9 Å². The lowest BCUT2D eigenvalue weighted by Crippen LogP contribution is -2.48. The second kappa shape index (κ2) is 8.67. The summed E-state index contributed by atoms with van der Waals surface area (Å²) >= 11 is 0. The molecule has 0 aromatic heterocycles. The van der Waals surface area contributed by atoms with Gasteiger partial charge in [-0.25, -0.2) is 0 Å². The number of fused-ring (bicyclic) bond motifs is 2. The molecule has 1 fully saturated rings. The van der Waals surface area contributed by atoms with E-state index in [1.807, 2.05) is 6.92 Å². The van der Waals surface area contributed by atoms with Gasteiger partial charge in [0, 0.05) is 11.1 Å². The summed E-state index contributed by atoms with van der Waals surface area (Å²) in [5.74, 6) is -1.22. The Labute approximate surface area is 184 Å². The minimum Gasteiger partial charge on any atom is -0.507 e. The Hall–Kier alpha value is -2.72. The van der Waals surface area contributed by atoms with Gasteiger partial charge in [-0.1, -0.05) is 13.3 Å². The van der Waals surface area contributed by atoms with E-state index in [-0.39, 0.29) is 34.8 Å². The van der Waals surface area contributed by atoms with Gasteiger partial charge in [-0.15, -0.1) is 0 Å². The number of aromatic hydroxyl groups is 1. The molecule has 9 heteroatoms. The van der Waals surface area contributed by atoms with Crippen LogP contribution in [-0.4, -0.2) is 65.7 Å². The fourth-order valence-electron chi connectivity index (χ4n) is 4.37. The van der Waals surface area contributed by atoms with Gasteiger partial charge in [-0.05, 0) is 31.1 Å². The molecular weight excluding hydrogens is 420 g/mol. The summed E-state index contributed by atoms with van der Waals surface area (Å²) in [7, 11) is 1.25. The average Bonchev–Trinajstić information content (AvgIpc) is 2.76. The maximum Gasteiger partial charge on any atom is 0.229 e. The summed E-state index contributed by atoms with van der Waals surface area (Å²) in [6.45, 7) is 3.06. The van der Waals surface area contributed by atoms with Crippen molar-refractivity contribution in [2.24, 2.45) is 0 Å². The Bertz CT molecular complexity index is 1020. The van der Waals surface area contributed by atoms with Gasteiger partial charge in [0.25, 0.3) is 0 Å². The number of benzene rings is 1. The molecule has 2 heterocycles. The molecule has 3 N–H and O–H groups in total. The Morgan fingerprint density at radius 1 is 1.25 bits per heavy atom. The van der Waals surface area contributed by atoms with Crippen LogP contribution < -0.4 is 0 Å². The number of allylic oxidation sites excluding steroid dienone is 2. The quantitative estimate of drug-likeness (QED) is 0.621. The first-order valence-electron chi connectivity index (χ1n) is 10.5. The molecule has 1 saturated heterocycles. The topological polar surface area (TPSA) is 132 Å². The Kier molecular flexibility index (Phi) is 6.09. The van der Waals surface area contributed by atoms with Gasteiger partial charge in [0.15, 0.2) is 12.0 Å². The molecule has 172 valence electrons. The zero-order chi connectivity index (χ0) is 23.2. The van der Waals surface area contributed by atoms with E-state index in [1.54, 1.807) is 19.1 Å². The third kappa shape index (κ3) is 3.51. The largest absolute Gasteiger partial charge is 0.507 e. The SMILES string of the molecule is CCC[C@H]1OC(C)=Cc2cc3c(c(O)c21)C(=O)C([C@H]1OC[C@H](O)[C@@H](CO)O1)=C(OC)C3=O. The molecular formula is C23H26O9. The van der Waals surface area contributed by atoms with Crippen LogP contribution in [0, 0.1) is 0 Å². The molecule has 1 aliphatic carbocycles. The van der Waals surface area contributed by atoms with Crippen LogP contribution in [0.2, 0.25) is 0 Å². The van der Waals surface area contributed by atoms with Crippen molar-refractivity contribution in [1.29, 1.82) is 0 Å². The highest BCUT2D eigenvalue weighted by atomic mass is 16.7. The monoisotopic (exact) mass is 446 g/mol. The summed E-state index contributed by atoms with van der Waals surface area (Å²) in [5, 5.41) is 30.5. The number of carbonyl (C=O) groups excluding carboxylic acids is 2. The number of ether oxygens (including phenoxy) is 4. The van der Waals surface area contributed by atoms with E-state index >= 15 is 0 Å². The first-order chi connectivity index (χ1) is 15.3. The zero-order valence-corrected chi connectivity index (χ0v) is 18.1. The number of phenolic OH excluding ortho intramolecular Hbond substituents is 1. The second-order valence-corrected chi connectivity index (χ2v) is 8.00. The van der Waals surface area contributed by atoms with E-state index in [2.05, 4.69) is 0 Å². The zero-order valence-electron chi connectivity index (χ0n) is 18.1. The van der Waals surface area contributed by atoms with Crippen LogP contribution in [0.5, 0.6) is 5.75 Å². The van der Waals surface area contributed by atoms with Gasteiger partial charge in [-0.2, -0.15) is 0 Å². The highest BCUT2D eigenvalue weighted by Gasteiger charge is 2.44. The number of aliphatic hydroxyl groups is 2. The Morgan fingerprint density at radius 3 is 2.66 bits per heavy atom. The van der Waals surface area contributed by atoms with Crippen LogP contribution in [0.3, 0.4) is 0 Å². The lowest BCUT2D eigenvalue weighted by molar-refractivity contribution is -0.242. The van der Waals surface area contributed by atoms with E-state index in [0.29, 0.717) is 23.3 Å². The predicted octanol–water partition coefficient (Wildman–Crippen LogP) is 2.00. The normalized spacial score (nSPS) is 27.5. The number of hydrogen-bond donors (Lipinski definition) is 3. The van der Waals surface area contributed by atoms with Crippen molar-refractivity contribution < 1.29 is 43.9 Å². The number of Topliss-reactive ketones (excluding diaryl/α,β-unsaturated/α-hetero) is 2. The van der Waals surface area contributed by atoms with Gasteiger partial charge in [0.2, 0.25) is 11.6 Å². The van der Waals surface area contributed by atoms with Crippen LogP contribution in [0.4, 0.5) is 0 Å². The van der Waals surface area contributed by atoms with E-state index in [1.165, 1.54) is 7.11 Å². The second-order valence-electron chi connectivity index (χ2n) is 8.00. The van der Waals surface area contributed by atoms with Crippen LogP contribution >= 0.6 is 0 Å². The molecule has 0 radical (unpaired) electrons. The van der Waals surface area contributed by atoms with Crippen molar-refractivity contribution in [1.82, 2.24) is 0 Å². The minimum atomic E-state index is -1.35. The van der Waals surface area contributed by atoms with E-state index in [4.69, 9.17) is 18.9 Å². The van der Waals surface area contributed by atoms with Gasteiger partial charge in [-0.3, -0.25) is 9.59 Å². The highest BCUT2D eigenvalue weighted by Crippen LogP contribution is 2.45. The molecule has 32 heavy (non-hydrogen) atoms.